The number of carbonyl (C=O) groups excluding carboxylic acids is 1. The summed E-state index contributed by atoms with van der Waals surface area (Å²) < 4.78 is 17.1. The summed E-state index contributed by atoms with van der Waals surface area (Å²) in [6.07, 6.45) is 5.05. The van der Waals surface area contributed by atoms with E-state index in [1.165, 1.54) is 22.3 Å². The zero-order valence-electron chi connectivity index (χ0n) is 28.3. The number of nitrogens with zero attached hydrogens (tertiary/aromatic N) is 2. The smallest absolute Gasteiger partial charge is 0.217 e. The summed E-state index contributed by atoms with van der Waals surface area (Å²) >= 11 is 1.85. The number of rotatable bonds is 11. The summed E-state index contributed by atoms with van der Waals surface area (Å²) in [6.45, 7) is 22.6. The van der Waals surface area contributed by atoms with Gasteiger partial charge in [-0.3, -0.25) is 14.6 Å². The number of allylic oxidation sites excluding steroid dienone is 2. The van der Waals surface area contributed by atoms with E-state index >= 15 is 0 Å². The van der Waals surface area contributed by atoms with Crippen LogP contribution in [0.4, 0.5) is 0 Å². The fourth-order valence-corrected chi connectivity index (χ4v) is 6.04. The van der Waals surface area contributed by atoms with E-state index in [4.69, 9.17) is 18.3 Å². The molecule has 0 saturated carbocycles. The van der Waals surface area contributed by atoms with E-state index < -0.39 is 0 Å². The van der Waals surface area contributed by atoms with Gasteiger partial charge < -0.3 is 18.3 Å². The quantitative estimate of drug-likeness (QED) is 0.186. The van der Waals surface area contributed by atoms with Crippen LogP contribution in [0.5, 0.6) is 11.5 Å². The third-order valence-corrected chi connectivity index (χ3v) is 10.1. The normalized spacial score (nSPS) is 17.7. The Morgan fingerprint density at radius 2 is 1.59 bits per heavy atom. The molecule has 0 fully saturated rings. The van der Waals surface area contributed by atoms with Gasteiger partial charge in [0.05, 0.1) is 0 Å². The van der Waals surface area contributed by atoms with E-state index in [1.54, 1.807) is 0 Å². The highest BCUT2D eigenvalue weighted by atomic mass is 127. The summed E-state index contributed by atoms with van der Waals surface area (Å²) in [5, 5.41) is 0. The van der Waals surface area contributed by atoms with Crippen LogP contribution in [0.3, 0.4) is 0 Å². The van der Waals surface area contributed by atoms with E-state index in [2.05, 4.69) is 94.7 Å². The Labute approximate surface area is 280 Å². The second-order valence-electron chi connectivity index (χ2n) is 13.6. The van der Waals surface area contributed by atoms with Crippen molar-refractivity contribution in [3.8, 4) is 11.5 Å². The van der Waals surface area contributed by atoms with Gasteiger partial charge in [0.25, 0.3) is 0 Å². The molecule has 1 amide bonds. The van der Waals surface area contributed by atoms with E-state index in [-0.39, 0.29) is 16.9 Å². The molecule has 2 aromatic carbocycles. The molecule has 2 aliphatic rings. The maximum Gasteiger partial charge on any atom is 0.217 e. The predicted octanol–water partition coefficient (Wildman–Crippen LogP) is 8.46. The van der Waals surface area contributed by atoms with Gasteiger partial charge >= 0.3 is 0 Å². The fourth-order valence-electron chi connectivity index (χ4n) is 5.79. The lowest BCUT2D eigenvalue weighted by Crippen LogP contribution is -2.47. The van der Waals surface area contributed by atoms with Crippen LogP contribution in [0.1, 0.15) is 110 Å². The van der Waals surface area contributed by atoms with Crippen LogP contribution < -0.4 is 15.2 Å². The standard InChI is InChI=1S/C32H47N3O3.C4H7IO/c1-8-31(5,6)35-19-25-17-27(10-12-29(25)38-21-35)32(7,14-13-30(33)36)26-9-11-28-24(16-26)18-34(20-37-28)23(4)15-22(2)3;1-3-4(2)6-5/h9-12,16-17,22-23H,8,13-15,18-21H2,1-7H3,(H2,33,36);3H,1-2H3/b;4-3+. The number of hydrogen-bond donors (Lipinski definition) is 1. The van der Waals surface area contributed by atoms with Crippen molar-refractivity contribution < 1.29 is 17.3 Å². The number of halogens is 1. The summed E-state index contributed by atoms with van der Waals surface area (Å²) in [5.41, 5.74) is 10.1. The van der Waals surface area contributed by atoms with Crippen molar-refractivity contribution in [1.29, 1.82) is 0 Å². The molecule has 244 valence electrons. The lowest BCUT2D eigenvalue weighted by Gasteiger charge is -2.41. The van der Waals surface area contributed by atoms with Crippen molar-refractivity contribution in [3.63, 3.8) is 0 Å². The van der Waals surface area contributed by atoms with Crippen molar-refractivity contribution >= 4 is 28.9 Å². The molecule has 2 unspecified atom stereocenters. The number of carbonyl (C=O) groups is 1. The third-order valence-electron chi connectivity index (χ3n) is 9.45. The topological polar surface area (TPSA) is 77.3 Å². The Balaban J connectivity index is 0.000000801. The molecule has 0 aromatic heterocycles. The summed E-state index contributed by atoms with van der Waals surface area (Å²) in [7, 11) is 0. The minimum absolute atomic E-state index is 0.0556. The maximum atomic E-state index is 11.9. The number of amides is 1. The van der Waals surface area contributed by atoms with Gasteiger partial charge in [-0.15, -0.1) is 0 Å². The molecule has 44 heavy (non-hydrogen) atoms. The Morgan fingerprint density at radius 3 is 2.07 bits per heavy atom. The first-order valence-corrected chi connectivity index (χ1v) is 16.8. The maximum absolute atomic E-state index is 11.9. The molecule has 0 aliphatic carbocycles. The molecule has 2 N–H and O–H groups in total. The third kappa shape index (κ3) is 9.13. The SMILES string of the molecule is C/C=C(\C)OI.CCC(C)(C)N1COc2ccc(C(C)(CCC(N)=O)c3ccc4c(c3)CN(C(C)CC(C)C)CO4)cc2C1. The van der Waals surface area contributed by atoms with Crippen LogP contribution >= 0.6 is 23.0 Å². The first kappa shape index (κ1) is 36.2. The highest BCUT2D eigenvalue weighted by Gasteiger charge is 2.34. The highest BCUT2D eigenvalue weighted by Crippen LogP contribution is 2.42. The molecule has 2 heterocycles. The minimum atomic E-state index is -0.381. The van der Waals surface area contributed by atoms with E-state index in [0.717, 1.165) is 43.2 Å². The summed E-state index contributed by atoms with van der Waals surface area (Å²) in [4.78, 5) is 16.7. The minimum Gasteiger partial charge on any atom is -0.478 e. The second kappa shape index (κ2) is 15.8. The Bertz CT molecular complexity index is 1290. The van der Waals surface area contributed by atoms with Crippen LogP contribution in [-0.2, 0) is 26.4 Å². The fraction of sp³-hybridized carbons (Fsp3) is 0.583. The number of nitrogens with two attached hydrogens (primary N) is 1. The van der Waals surface area contributed by atoms with Crippen LogP contribution in [0.15, 0.2) is 48.2 Å². The molecular weight excluding hydrogens is 665 g/mol. The molecule has 8 heteroatoms. The molecule has 0 bridgehead atoms. The van der Waals surface area contributed by atoms with Gasteiger partial charge in [-0.1, -0.05) is 39.8 Å². The number of fused-ring (bicyclic) bond motifs is 2. The number of benzene rings is 2. The van der Waals surface area contributed by atoms with Crippen LogP contribution in [0, 0.1) is 5.92 Å². The van der Waals surface area contributed by atoms with Gasteiger partial charge in [-0.2, -0.15) is 0 Å². The molecular formula is C36H54IN3O4. The van der Waals surface area contributed by atoms with Gasteiger partial charge in [-0.25, -0.2) is 0 Å². The van der Waals surface area contributed by atoms with E-state index in [0.29, 0.717) is 38.3 Å². The van der Waals surface area contributed by atoms with Gasteiger partial charge in [-0.05, 0) is 101 Å². The first-order chi connectivity index (χ1) is 20.7. The monoisotopic (exact) mass is 719 g/mol. The average molecular weight is 720 g/mol. The Morgan fingerprint density at radius 1 is 1.02 bits per heavy atom. The van der Waals surface area contributed by atoms with Gasteiger partial charge in [0.1, 0.15) is 30.7 Å². The molecule has 4 rings (SSSR count). The van der Waals surface area contributed by atoms with Gasteiger partial charge in [0.2, 0.25) is 5.91 Å². The van der Waals surface area contributed by atoms with E-state index in [1.807, 2.05) is 42.9 Å². The highest BCUT2D eigenvalue weighted by molar-refractivity contribution is 14.1. The lowest BCUT2D eigenvalue weighted by atomic mass is 9.72. The first-order valence-electron chi connectivity index (χ1n) is 15.9. The number of ether oxygens (including phenoxy) is 2. The molecule has 2 aromatic rings. The van der Waals surface area contributed by atoms with Crippen LogP contribution in [0.25, 0.3) is 0 Å². The zero-order valence-corrected chi connectivity index (χ0v) is 30.5. The molecule has 0 spiro atoms. The number of hydrogen-bond acceptors (Lipinski definition) is 6. The number of primary amides is 1. The molecule has 0 saturated heterocycles. The Kier molecular flexibility index (Phi) is 13.0. The van der Waals surface area contributed by atoms with Crippen molar-refractivity contribution in [2.45, 2.75) is 118 Å². The predicted molar refractivity (Wildman–Crippen MR) is 188 cm³/mol. The van der Waals surface area contributed by atoms with Crippen LogP contribution in [0.2, 0.25) is 0 Å². The lowest BCUT2D eigenvalue weighted by molar-refractivity contribution is -0.118. The second-order valence-corrected chi connectivity index (χ2v) is 14.0. The van der Waals surface area contributed by atoms with Gasteiger partial charge in [0.15, 0.2) is 23.0 Å². The largest absolute Gasteiger partial charge is 0.478 e. The van der Waals surface area contributed by atoms with Gasteiger partial charge in [0, 0.05) is 47.6 Å². The molecule has 2 aliphatic heterocycles. The van der Waals surface area contributed by atoms with Crippen molar-refractivity contribution in [2.75, 3.05) is 13.5 Å². The van der Waals surface area contributed by atoms with Crippen LogP contribution in [-0.4, -0.2) is 40.7 Å². The van der Waals surface area contributed by atoms with Crippen molar-refractivity contribution in [2.24, 2.45) is 11.7 Å². The van der Waals surface area contributed by atoms with Crippen molar-refractivity contribution in [3.05, 3.63) is 70.5 Å². The average Bonchev–Trinajstić information content (AvgIpc) is 3.01. The zero-order chi connectivity index (χ0) is 32.7. The van der Waals surface area contributed by atoms with Crippen molar-refractivity contribution in [1.82, 2.24) is 9.80 Å². The molecule has 7 nitrogen and oxygen atoms in total. The summed E-state index contributed by atoms with van der Waals surface area (Å²) in [5.74, 6) is 3.22. The van der Waals surface area contributed by atoms with E-state index in [9.17, 15) is 4.79 Å². The summed E-state index contributed by atoms with van der Waals surface area (Å²) in [6, 6.07) is 13.5. The molecule has 2 atom stereocenters. The Hall–Kier alpha value is -2.30. The molecule has 0 radical (unpaired) electrons.